The Morgan fingerprint density at radius 3 is 2.15 bits per heavy atom. The largest absolute Gasteiger partial charge is 0.313 e. The first-order valence-corrected chi connectivity index (χ1v) is 8.45. The van der Waals surface area contributed by atoms with Gasteiger partial charge < -0.3 is 5.32 Å². The zero-order valence-corrected chi connectivity index (χ0v) is 13.7. The number of nitrogens with one attached hydrogen (secondary N) is 1. The Balaban J connectivity index is 2.06. The lowest BCUT2D eigenvalue weighted by Gasteiger charge is -2.25. The maximum absolute atomic E-state index is 3.73. The van der Waals surface area contributed by atoms with Crippen LogP contribution in [0.25, 0.3) is 0 Å². The van der Waals surface area contributed by atoms with Crippen molar-refractivity contribution >= 4 is 0 Å². The third-order valence-corrected chi connectivity index (χ3v) is 4.67. The van der Waals surface area contributed by atoms with Crippen LogP contribution in [-0.4, -0.2) is 12.6 Å². The van der Waals surface area contributed by atoms with Crippen LogP contribution in [0.15, 0.2) is 24.3 Å². The fraction of sp³-hybridized carbons (Fsp3) is 0.684. The van der Waals surface area contributed by atoms with Crippen LogP contribution in [0.1, 0.15) is 76.3 Å². The van der Waals surface area contributed by atoms with Crippen molar-refractivity contribution in [2.75, 3.05) is 6.54 Å². The first kappa shape index (κ1) is 15.6. The van der Waals surface area contributed by atoms with Crippen molar-refractivity contribution in [2.45, 2.75) is 71.3 Å². The Kier molecular flexibility index (Phi) is 5.65. The van der Waals surface area contributed by atoms with Gasteiger partial charge in [0.1, 0.15) is 0 Å². The van der Waals surface area contributed by atoms with E-state index in [-0.39, 0.29) is 0 Å². The normalized spacial score (nSPS) is 18.2. The summed E-state index contributed by atoms with van der Waals surface area (Å²) in [5.74, 6) is 2.05. The molecule has 0 radical (unpaired) electrons. The highest BCUT2D eigenvalue weighted by atomic mass is 14.9. The quantitative estimate of drug-likeness (QED) is 0.696. The van der Waals surface area contributed by atoms with Crippen LogP contribution in [0.2, 0.25) is 0 Å². The van der Waals surface area contributed by atoms with E-state index in [1.54, 1.807) is 0 Å². The maximum atomic E-state index is 3.73. The highest BCUT2D eigenvalue weighted by Crippen LogP contribution is 2.30. The summed E-state index contributed by atoms with van der Waals surface area (Å²) in [6, 6.07) is 10.2. The molecule has 2 atom stereocenters. The van der Waals surface area contributed by atoms with Crippen LogP contribution in [0.4, 0.5) is 0 Å². The summed E-state index contributed by atoms with van der Waals surface area (Å²) in [5, 5.41) is 3.73. The summed E-state index contributed by atoms with van der Waals surface area (Å²) in [6.45, 7) is 10.4. The van der Waals surface area contributed by atoms with Crippen molar-refractivity contribution in [1.29, 1.82) is 0 Å². The molecule has 0 aromatic heterocycles. The van der Waals surface area contributed by atoms with E-state index in [4.69, 9.17) is 0 Å². The van der Waals surface area contributed by atoms with E-state index in [2.05, 4.69) is 57.3 Å². The Morgan fingerprint density at radius 2 is 1.65 bits per heavy atom. The van der Waals surface area contributed by atoms with Crippen LogP contribution < -0.4 is 5.32 Å². The molecule has 1 saturated carbocycles. The summed E-state index contributed by atoms with van der Waals surface area (Å²) in [7, 11) is 0. The second-order valence-corrected chi connectivity index (χ2v) is 6.88. The lowest BCUT2D eigenvalue weighted by atomic mass is 9.83. The highest BCUT2D eigenvalue weighted by Gasteiger charge is 2.24. The van der Waals surface area contributed by atoms with Crippen LogP contribution in [0.5, 0.6) is 0 Å². The molecule has 0 bridgehead atoms. The highest BCUT2D eigenvalue weighted by molar-refractivity contribution is 5.28. The van der Waals surface area contributed by atoms with Gasteiger partial charge in [-0.25, -0.2) is 0 Å². The van der Waals surface area contributed by atoms with E-state index in [0.717, 1.165) is 18.5 Å². The lowest BCUT2D eigenvalue weighted by Crippen LogP contribution is -2.27. The summed E-state index contributed by atoms with van der Waals surface area (Å²) in [6.07, 6.45) is 5.36. The molecule has 0 saturated heterocycles. The monoisotopic (exact) mass is 273 g/mol. The SMILES string of the molecule is CCCC(C)C(CNC1CC1)c1ccc(C(C)C)cc1. The van der Waals surface area contributed by atoms with Gasteiger partial charge in [0.25, 0.3) is 0 Å². The van der Waals surface area contributed by atoms with E-state index in [9.17, 15) is 0 Å². The Labute approximate surface area is 125 Å². The van der Waals surface area contributed by atoms with Gasteiger partial charge in [-0.3, -0.25) is 0 Å². The standard InChI is InChI=1S/C19H31N/c1-5-6-15(4)19(13-20-18-11-12-18)17-9-7-16(8-10-17)14(2)3/h7-10,14-15,18-20H,5-6,11-13H2,1-4H3. The van der Waals surface area contributed by atoms with Crippen LogP contribution in [-0.2, 0) is 0 Å². The third kappa shape index (κ3) is 4.34. The van der Waals surface area contributed by atoms with Gasteiger partial charge in [-0.15, -0.1) is 0 Å². The molecule has 0 amide bonds. The molecule has 1 nitrogen and oxygen atoms in total. The number of rotatable bonds is 8. The minimum absolute atomic E-state index is 0.625. The molecule has 0 spiro atoms. The average Bonchev–Trinajstić information content (AvgIpc) is 3.24. The van der Waals surface area contributed by atoms with E-state index < -0.39 is 0 Å². The van der Waals surface area contributed by atoms with Gasteiger partial charge in [0, 0.05) is 12.6 Å². The molecule has 2 rings (SSSR count). The van der Waals surface area contributed by atoms with Crippen molar-refractivity contribution < 1.29 is 0 Å². The predicted octanol–water partition coefficient (Wildman–Crippen LogP) is 5.08. The molecule has 1 aromatic carbocycles. The minimum atomic E-state index is 0.625. The van der Waals surface area contributed by atoms with E-state index in [1.807, 2.05) is 0 Å². The van der Waals surface area contributed by atoms with Crippen molar-refractivity contribution in [3.8, 4) is 0 Å². The molecule has 0 aliphatic heterocycles. The molecule has 2 unspecified atom stereocenters. The molecule has 1 aromatic rings. The zero-order valence-electron chi connectivity index (χ0n) is 13.7. The molecular weight excluding hydrogens is 242 g/mol. The molecule has 1 heteroatoms. The van der Waals surface area contributed by atoms with Gasteiger partial charge in [0.2, 0.25) is 0 Å². The average molecular weight is 273 g/mol. The second kappa shape index (κ2) is 7.26. The molecule has 112 valence electrons. The Morgan fingerprint density at radius 1 is 1.05 bits per heavy atom. The molecule has 1 fully saturated rings. The number of benzene rings is 1. The minimum Gasteiger partial charge on any atom is -0.313 e. The Hall–Kier alpha value is -0.820. The van der Waals surface area contributed by atoms with Crippen molar-refractivity contribution in [2.24, 2.45) is 5.92 Å². The van der Waals surface area contributed by atoms with Crippen molar-refractivity contribution in [3.63, 3.8) is 0 Å². The van der Waals surface area contributed by atoms with Gasteiger partial charge in [-0.1, -0.05) is 64.8 Å². The van der Waals surface area contributed by atoms with Gasteiger partial charge in [-0.2, -0.15) is 0 Å². The molecular formula is C19H31N. The predicted molar refractivity (Wildman–Crippen MR) is 88.4 cm³/mol. The molecule has 1 aliphatic carbocycles. The van der Waals surface area contributed by atoms with E-state index in [0.29, 0.717) is 11.8 Å². The van der Waals surface area contributed by atoms with Crippen LogP contribution in [0, 0.1) is 5.92 Å². The zero-order chi connectivity index (χ0) is 14.5. The van der Waals surface area contributed by atoms with Crippen LogP contribution in [0.3, 0.4) is 0 Å². The van der Waals surface area contributed by atoms with Crippen molar-refractivity contribution in [3.05, 3.63) is 35.4 Å². The summed E-state index contributed by atoms with van der Waals surface area (Å²) >= 11 is 0. The van der Waals surface area contributed by atoms with E-state index in [1.165, 1.54) is 36.8 Å². The molecule has 1 aliphatic rings. The lowest BCUT2D eigenvalue weighted by molar-refractivity contribution is 0.402. The first-order chi connectivity index (χ1) is 9.61. The van der Waals surface area contributed by atoms with Gasteiger partial charge in [-0.05, 0) is 41.7 Å². The number of hydrogen-bond acceptors (Lipinski definition) is 1. The topological polar surface area (TPSA) is 12.0 Å². The Bertz CT molecular complexity index is 389. The smallest absolute Gasteiger partial charge is 0.00684 e. The maximum Gasteiger partial charge on any atom is 0.00684 e. The fourth-order valence-corrected chi connectivity index (χ4v) is 3.01. The van der Waals surface area contributed by atoms with Crippen LogP contribution >= 0.6 is 0 Å². The second-order valence-electron chi connectivity index (χ2n) is 6.88. The first-order valence-electron chi connectivity index (χ1n) is 8.45. The number of hydrogen-bond donors (Lipinski definition) is 1. The van der Waals surface area contributed by atoms with E-state index >= 15 is 0 Å². The summed E-state index contributed by atoms with van der Waals surface area (Å²) < 4.78 is 0. The summed E-state index contributed by atoms with van der Waals surface area (Å²) in [4.78, 5) is 0. The summed E-state index contributed by atoms with van der Waals surface area (Å²) in [5.41, 5.74) is 2.97. The molecule has 1 N–H and O–H groups in total. The molecule has 20 heavy (non-hydrogen) atoms. The van der Waals surface area contributed by atoms with Gasteiger partial charge >= 0.3 is 0 Å². The van der Waals surface area contributed by atoms with Gasteiger partial charge in [0.05, 0.1) is 0 Å². The third-order valence-electron chi connectivity index (χ3n) is 4.67. The molecule has 0 heterocycles. The van der Waals surface area contributed by atoms with Crippen molar-refractivity contribution in [1.82, 2.24) is 5.32 Å². The fourth-order valence-electron chi connectivity index (χ4n) is 3.01. The van der Waals surface area contributed by atoms with Gasteiger partial charge in [0.15, 0.2) is 0 Å².